The molecule has 7 nitrogen and oxygen atoms in total. The molecule has 1 aromatic rings. The van der Waals surface area contributed by atoms with Crippen LogP contribution in [0, 0.1) is 11.3 Å². The molecule has 140 valence electrons. The summed E-state index contributed by atoms with van der Waals surface area (Å²) in [5, 5.41) is 9.55. The molecule has 1 aromatic carbocycles. The van der Waals surface area contributed by atoms with Gasteiger partial charge in [-0.25, -0.2) is 0 Å². The normalized spacial score (nSPS) is 26.6. The number of nitrogens with zero attached hydrogens (tertiary/aromatic N) is 1. The van der Waals surface area contributed by atoms with Gasteiger partial charge in [0.05, 0.1) is 13.2 Å². The lowest BCUT2D eigenvalue weighted by Gasteiger charge is -2.22. The first-order chi connectivity index (χ1) is 12.6. The van der Waals surface area contributed by atoms with E-state index in [1.54, 1.807) is 16.7 Å². The fourth-order valence-corrected chi connectivity index (χ4v) is 4.62. The van der Waals surface area contributed by atoms with Crippen molar-refractivity contribution in [3.05, 3.63) is 18.2 Å². The molecule has 26 heavy (non-hydrogen) atoms. The highest BCUT2D eigenvalue weighted by molar-refractivity contribution is 7.99. The van der Waals surface area contributed by atoms with Gasteiger partial charge in [0.1, 0.15) is 18.6 Å². The van der Waals surface area contributed by atoms with Crippen LogP contribution >= 0.6 is 11.8 Å². The zero-order valence-corrected chi connectivity index (χ0v) is 15.1. The third-order valence-electron chi connectivity index (χ3n) is 5.25. The maximum absolute atomic E-state index is 12.5. The number of ether oxygens (including phenoxy) is 3. The van der Waals surface area contributed by atoms with E-state index in [4.69, 9.17) is 14.2 Å². The molecule has 1 N–H and O–H groups in total. The lowest BCUT2D eigenvalue weighted by atomic mass is 9.81. The zero-order valence-electron chi connectivity index (χ0n) is 14.3. The lowest BCUT2D eigenvalue weighted by Crippen LogP contribution is -2.40. The molecule has 3 aliphatic rings. The number of benzene rings is 1. The van der Waals surface area contributed by atoms with Crippen LogP contribution in [0.4, 0.5) is 0 Å². The first kappa shape index (κ1) is 17.5. The van der Waals surface area contributed by atoms with E-state index in [0.717, 1.165) is 16.4 Å². The van der Waals surface area contributed by atoms with Crippen molar-refractivity contribution in [2.24, 2.45) is 11.3 Å². The van der Waals surface area contributed by atoms with Crippen LogP contribution in [-0.4, -0.2) is 67.2 Å². The Balaban J connectivity index is 1.30. The Labute approximate surface area is 155 Å². The van der Waals surface area contributed by atoms with Crippen LogP contribution in [0.25, 0.3) is 0 Å². The minimum Gasteiger partial charge on any atom is -0.486 e. The van der Waals surface area contributed by atoms with Gasteiger partial charge in [0, 0.05) is 36.1 Å². The van der Waals surface area contributed by atoms with Gasteiger partial charge in [-0.15, -0.1) is 11.8 Å². The molecular formula is C18H21NO6S. The van der Waals surface area contributed by atoms with Gasteiger partial charge < -0.3 is 24.2 Å². The van der Waals surface area contributed by atoms with Crippen LogP contribution in [-0.2, 0) is 14.3 Å². The quantitative estimate of drug-likeness (QED) is 0.776. The second-order valence-electron chi connectivity index (χ2n) is 6.85. The average Bonchev–Trinajstić information content (AvgIpc) is 3.20. The van der Waals surface area contributed by atoms with Crippen LogP contribution < -0.4 is 9.47 Å². The number of carbonyl (C=O) groups excluding carboxylic acids is 1. The van der Waals surface area contributed by atoms with Crippen molar-refractivity contribution in [1.82, 2.24) is 4.90 Å². The molecule has 0 aromatic heterocycles. The van der Waals surface area contributed by atoms with Crippen LogP contribution in [0.5, 0.6) is 11.5 Å². The van der Waals surface area contributed by atoms with E-state index in [0.29, 0.717) is 38.5 Å². The third-order valence-corrected chi connectivity index (χ3v) is 6.25. The zero-order chi connectivity index (χ0) is 18.1. The largest absolute Gasteiger partial charge is 0.486 e. The number of carboxylic acids is 1. The van der Waals surface area contributed by atoms with Crippen LogP contribution in [0.3, 0.4) is 0 Å². The van der Waals surface area contributed by atoms with Crippen LogP contribution in [0.1, 0.15) is 6.42 Å². The molecule has 0 aliphatic carbocycles. The van der Waals surface area contributed by atoms with Gasteiger partial charge in [0.2, 0.25) is 5.91 Å². The number of hydrogen-bond donors (Lipinski definition) is 1. The van der Waals surface area contributed by atoms with E-state index in [1.165, 1.54) is 0 Å². The summed E-state index contributed by atoms with van der Waals surface area (Å²) in [6.07, 6.45) is 0.377. The van der Waals surface area contributed by atoms with E-state index in [9.17, 15) is 14.7 Å². The highest BCUT2D eigenvalue weighted by Crippen LogP contribution is 2.42. The van der Waals surface area contributed by atoms with E-state index in [1.807, 2.05) is 18.2 Å². The summed E-state index contributed by atoms with van der Waals surface area (Å²) in [5.41, 5.74) is -0.918. The van der Waals surface area contributed by atoms with Crippen molar-refractivity contribution in [3.63, 3.8) is 0 Å². The smallest absolute Gasteiger partial charge is 0.314 e. The van der Waals surface area contributed by atoms with Crippen molar-refractivity contribution < 1.29 is 28.9 Å². The van der Waals surface area contributed by atoms with E-state index < -0.39 is 11.4 Å². The first-order valence-corrected chi connectivity index (χ1v) is 9.68. The standard InChI is InChI=1S/C18H21NO6S/c20-16(19-8-12-9-23-11-18(12,10-19)17(21)22)3-6-26-13-1-2-14-15(7-13)25-5-4-24-14/h1-2,7,12H,3-6,8-11H2,(H,21,22)/t12-,18-/m1/s1. The minimum atomic E-state index is -0.918. The molecule has 3 heterocycles. The third kappa shape index (κ3) is 3.12. The Morgan fingerprint density at radius 1 is 1.27 bits per heavy atom. The summed E-state index contributed by atoms with van der Waals surface area (Å²) >= 11 is 1.58. The SMILES string of the molecule is O=C(CCSc1ccc2c(c1)OCCO2)N1C[C@@H]2COC[C@]2(C(=O)O)C1. The molecule has 4 rings (SSSR count). The molecule has 0 saturated carbocycles. The van der Waals surface area contributed by atoms with Crippen molar-refractivity contribution >= 4 is 23.6 Å². The topological polar surface area (TPSA) is 85.3 Å². The second-order valence-corrected chi connectivity index (χ2v) is 8.02. The van der Waals surface area contributed by atoms with Crippen molar-refractivity contribution in [2.45, 2.75) is 11.3 Å². The number of rotatable bonds is 5. The summed E-state index contributed by atoms with van der Waals surface area (Å²) in [7, 11) is 0. The Hall–Kier alpha value is -1.93. The van der Waals surface area contributed by atoms with Crippen LogP contribution in [0.15, 0.2) is 23.1 Å². The Kier molecular flexibility index (Phi) is 4.71. The Morgan fingerprint density at radius 3 is 2.85 bits per heavy atom. The predicted octanol–water partition coefficient (Wildman–Crippen LogP) is 1.50. The summed E-state index contributed by atoms with van der Waals surface area (Å²) in [6, 6.07) is 5.78. The van der Waals surface area contributed by atoms with Gasteiger partial charge in [-0.2, -0.15) is 0 Å². The average molecular weight is 379 g/mol. The fraction of sp³-hybridized carbons (Fsp3) is 0.556. The van der Waals surface area contributed by atoms with Gasteiger partial charge in [-0.3, -0.25) is 9.59 Å². The molecule has 2 atom stereocenters. The Morgan fingerprint density at radius 2 is 2.08 bits per heavy atom. The van der Waals surface area contributed by atoms with Gasteiger partial charge in [0.25, 0.3) is 0 Å². The van der Waals surface area contributed by atoms with Gasteiger partial charge >= 0.3 is 5.97 Å². The number of carbonyl (C=O) groups is 2. The number of thioether (sulfide) groups is 1. The van der Waals surface area contributed by atoms with Crippen LogP contribution in [0.2, 0.25) is 0 Å². The summed E-state index contributed by atoms with van der Waals surface area (Å²) < 4.78 is 16.4. The van der Waals surface area contributed by atoms with Crippen molar-refractivity contribution in [1.29, 1.82) is 0 Å². The maximum Gasteiger partial charge on any atom is 0.314 e. The molecule has 0 radical (unpaired) electrons. The molecule has 0 spiro atoms. The van der Waals surface area contributed by atoms with Gasteiger partial charge in [0.15, 0.2) is 11.5 Å². The second kappa shape index (κ2) is 7.00. The molecule has 0 unspecified atom stereocenters. The van der Waals surface area contributed by atoms with E-state index >= 15 is 0 Å². The monoisotopic (exact) mass is 379 g/mol. The summed E-state index contributed by atoms with van der Waals surface area (Å²) in [5.74, 6) is 1.17. The first-order valence-electron chi connectivity index (χ1n) is 8.70. The summed E-state index contributed by atoms with van der Waals surface area (Å²) in [4.78, 5) is 26.9. The lowest BCUT2D eigenvalue weighted by molar-refractivity contribution is -0.149. The molecule has 3 aliphatic heterocycles. The van der Waals surface area contributed by atoms with Crippen molar-refractivity contribution in [2.75, 3.05) is 45.3 Å². The van der Waals surface area contributed by atoms with Crippen molar-refractivity contribution in [3.8, 4) is 11.5 Å². The number of fused-ring (bicyclic) bond motifs is 2. The highest BCUT2D eigenvalue weighted by atomic mass is 32.2. The van der Waals surface area contributed by atoms with Gasteiger partial charge in [-0.05, 0) is 18.2 Å². The van der Waals surface area contributed by atoms with Gasteiger partial charge in [-0.1, -0.05) is 0 Å². The molecule has 2 fully saturated rings. The summed E-state index contributed by atoms with van der Waals surface area (Å²) in [6.45, 7) is 2.45. The number of likely N-dealkylation sites (tertiary alicyclic amines) is 1. The number of carboxylic acid groups (broad SMARTS) is 1. The number of hydrogen-bond acceptors (Lipinski definition) is 6. The molecule has 8 heteroatoms. The Bertz CT molecular complexity index is 726. The number of aliphatic carboxylic acids is 1. The minimum absolute atomic E-state index is 0.00469. The van der Waals surface area contributed by atoms with E-state index in [2.05, 4.69) is 0 Å². The molecule has 2 saturated heterocycles. The predicted molar refractivity (Wildman–Crippen MR) is 93.7 cm³/mol. The molecule has 0 bridgehead atoms. The number of amides is 1. The molecular weight excluding hydrogens is 358 g/mol. The fourth-order valence-electron chi connectivity index (χ4n) is 3.76. The molecule has 1 amide bonds. The maximum atomic E-state index is 12.5. The highest BCUT2D eigenvalue weighted by Gasteiger charge is 2.57. The van der Waals surface area contributed by atoms with E-state index in [-0.39, 0.29) is 25.0 Å².